The standard InChI is InChI=1S/C26H20ClFN4O/c27-23-7-5-21(6-9-25(23)33-15-17-2-1-3-20(28)12-17)32-26-22-13-18(19-10-11-29-14-19)4-8-24(22)30-16-31-26/h1-6,8-14,16,29H,7,15H2,(H,30,31,32). The van der Waals surface area contributed by atoms with Crippen molar-refractivity contribution in [3.8, 4) is 11.1 Å². The summed E-state index contributed by atoms with van der Waals surface area (Å²) >= 11 is 6.45. The molecule has 2 N–H and O–H groups in total. The molecular formula is C26H20ClFN4O. The molecule has 0 saturated heterocycles. The van der Waals surface area contributed by atoms with E-state index in [0.29, 0.717) is 23.0 Å². The van der Waals surface area contributed by atoms with Gasteiger partial charge in [-0.2, -0.15) is 0 Å². The van der Waals surface area contributed by atoms with Crippen LogP contribution < -0.4 is 5.32 Å². The average Bonchev–Trinajstić information content (AvgIpc) is 3.31. The lowest BCUT2D eigenvalue weighted by Crippen LogP contribution is -2.01. The zero-order chi connectivity index (χ0) is 22.6. The van der Waals surface area contributed by atoms with Gasteiger partial charge in [-0.1, -0.05) is 35.9 Å². The second-order valence-electron chi connectivity index (χ2n) is 7.56. The lowest BCUT2D eigenvalue weighted by Gasteiger charge is -2.10. The van der Waals surface area contributed by atoms with Crippen molar-refractivity contribution >= 4 is 28.3 Å². The summed E-state index contributed by atoms with van der Waals surface area (Å²) in [5.41, 5.74) is 4.59. The summed E-state index contributed by atoms with van der Waals surface area (Å²) in [6, 6.07) is 14.4. The van der Waals surface area contributed by atoms with Gasteiger partial charge in [0.15, 0.2) is 0 Å². The largest absolute Gasteiger partial charge is 0.488 e. The van der Waals surface area contributed by atoms with Crippen LogP contribution in [-0.4, -0.2) is 15.0 Å². The van der Waals surface area contributed by atoms with Crippen molar-refractivity contribution in [2.75, 3.05) is 5.32 Å². The Labute approximate surface area is 195 Å². The second-order valence-corrected chi connectivity index (χ2v) is 8.02. The number of hydrogen-bond donors (Lipinski definition) is 2. The maximum absolute atomic E-state index is 13.4. The highest BCUT2D eigenvalue weighted by Gasteiger charge is 2.11. The number of rotatable bonds is 6. The second kappa shape index (κ2) is 9.30. The van der Waals surface area contributed by atoms with Crippen LogP contribution in [0, 0.1) is 5.82 Å². The molecule has 5 rings (SSSR count). The number of fused-ring (bicyclic) bond motifs is 1. The first-order valence-corrected chi connectivity index (χ1v) is 10.8. The first kappa shape index (κ1) is 21.0. The maximum atomic E-state index is 13.4. The van der Waals surface area contributed by atoms with Crippen molar-refractivity contribution in [2.24, 2.45) is 0 Å². The van der Waals surface area contributed by atoms with Crippen molar-refractivity contribution < 1.29 is 9.13 Å². The molecule has 33 heavy (non-hydrogen) atoms. The molecule has 1 aliphatic rings. The van der Waals surface area contributed by atoms with Crippen LogP contribution in [0.15, 0.2) is 102 Å². The quantitative estimate of drug-likeness (QED) is 0.338. The topological polar surface area (TPSA) is 62.8 Å². The summed E-state index contributed by atoms with van der Waals surface area (Å²) in [4.78, 5) is 11.9. The molecule has 1 aliphatic carbocycles. The average molecular weight is 459 g/mol. The van der Waals surface area contributed by atoms with E-state index in [9.17, 15) is 4.39 Å². The number of H-pyrrole nitrogens is 1. The van der Waals surface area contributed by atoms with Crippen LogP contribution in [0.2, 0.25) is 0 Å². The molecule has 0 fully saturated rings. The molecule has 0 unspecified atom stereocenters. The highest BCUT2D eigenvalue weighted by Crippen LogP contribution is 2.29. The third-order valence-electron chi connectivity index (χ3n) is 5.30. The van der Waals surface area contributed by atoms with E-state index in [1.807, 2.05) is 54.9 Å². The third kappa shape index (κ3) is 4.81. The van der Waals surface area contributed by atoms with Gasteiger partial charge in [-0.3, -0.25) is 0 Å². The number of benzene rings is 2. The lowest BCUT2D eigenvalue weighted by atomic mass is 10.1. The molecule has 2 aromatic heterocycles. The van der Waals surface area contributed by atoms with Gasteiger partial charge in [0.2, 0.25) is 0 Å². The summed E-state index contributed by atoms with van der Waals surface area (Å²) in [6.07, 6.45) is 11.6. The zero-order valence-electron chi connectivity index (χ0n) is 17.6. The number of ether oxygens (including phenoxy) is 1. The van der Waals surface area contributed by atoms with E-state index >= 15 is 0 Å². The van der Waals surface area contributed by atoms with E-state index in [0.717, 1.165) is 33.3 Å². The number of aromatic nitrogens is 3. The molecule has 2 heterocycles. The fraction of sp³-hybridized carbons (Fsp3) is 0.0769. The molecule has 0 saturated carbocycles. The number of nitrogens with zero attached hydrogens (tertiary/aromatic N) is 2. The Bertz CT molecular complexity index is 1390. The number of hydrogen-bond acceptors (Lipinski definition) is 4. The van der Waals surface area contributed by atoms with Crippen LogP contribution in [0.4, 0.5) is 10.2 Å². The van der Waals surface area contributed by atoms with Crippen LogP contribution in [0.3, 0.4) is 0 Å². The summed E-state index contributed by atoms with van der Waals surface area (Å²) in [7, 11) is 0. The van der Waals surface area contributed by atoms with Gasteiger partial charge in [-0.05, 0) is 59.2 Å². The Morgan fingerprint density at radius 1 is 1.06 bits per heavy atom. The minimum Gasteiger partial charge on any atom is -0.488 e. The molecule has 7 heteroatoms. The highest BCUT2D eigenvalue weighted by molar-refractivity contribution is 6.30. The Kier molecular flexibility index (Phi) is 5.91. The Morgan fingerprint density at radius 2 is 2.00 bits per heavy atom. The smallest absolute Gasteiger partial charge is 0.141 e. The van der Waals surface area contributed by atoms with Crippen molar-refractivity contribution in [1.29, 1.82) is 0 Å². The lowest BCUT2D eigenvalue weighted by molar-refractivity contribution is 0.209. The molecule has 2 aromatic carbocycles. The van der Waals surface area contributed by atoms with Gasteiger partial charge in [0, 0.05) is 29.9 Å². The van der Waals surface area contributed by atoms with Gasteiger partial charge in [-0.15, -0.1) is 0 Å². The molecule has 0 bridgehead atoms. The highest BCUT2D eigenvalue weighted by atomic mass is 35.5. The predicted octanol–water partition coefficient (Wildman–Crippen LogP) is 6.69. The van der Waals surface area contributed by atoms with Crippen LogP contribution in [0.1, 0.15) is 12.0 Å². The Morgan fingerprint density at radius 3 is 2.85 bits per heavy atom. The molecule has 0 atom stereocenters. The summed E-state index contributed by atoms with van der Waals surface area (Å²) in [6.45, 7) is 0.231. The van der Waals surface area contributed by atoms with Crippen LogP contribution >= 0.6 is 11.6 Å². The van der Waals surface area contributed by atoms with Crippen LogP contribution in [0.25, 0.3) is 22.0 Å². The molecule has 0 amide bonds. The number of anilines is 1. The number of aromatic amines is 1. The van der Waals surface area contributed by atoms with Gasteiger partial charge in [0.05, 0.1) is 10.5 Å². The predicted molar refractivity (Wildman–Crippen MR) is 129 cm³/mol. The van der Waals surface area contributed by atoms with E-state index in [2.05, 4.69) is 26.3 Å². The SMILES string of the molecule is Fc1cccc(COC2=C(Cl)CC=C(Nc3ncnc4ccc(-c5cc[nH]c5)cc34)C=C2)c1. The Hall–Kier alpha value is -3.90. The van der Waals surface area contributed by atoms with E-state index < -0.39 is 0 Å². The molecule has 0 radical (unpaired) electrons. The third-order valence-corrected chi connectivity index (χ3v) is 5.64. The number of allylic oxidation sites excluding steroid dienone is 4. The normalized spacial score (nSPS) is 13.7. The fourth-order valence-corrected chi connectivity index (χ4v) is 3.80. The summed E-state index contributed by atoms with van der Waals surface area (Å²) in [5.74, 6) is 0.960. The van der Waals surface area contributed by atoms with Crippen LogP contribution in [0.5, 0.6) is 0 Å². The molecule has 164 valence electrons. The van der Waals surface area contributed by atoms with Crippen molar-refractivity contribution in [1.82, 2.24) is 15.0 Å². The molecule has 5 nitrogen and oxygen atoms in total. The van der Waals surface area contributed by atoms with Crippen molar-refractivity contribution in [3.05, 3.63) is 113 Å². The van der Waals surface area contributed by atoms with E-state index in [-0.39, 0.29) is 12.4 Å². The molecule has 0 spiro atoms. The summed E-state index contributed by atoms with van der Waals surface area (Å²) in [5, 5.41) is 4.87. The first-order chi connectivity index (χ1) is 16.2. The van der Waals surface area contributed by atoms with Gasteiger partial charge >= 0.3 is 0 Å². The van der Waals surface area contributed by atoms with Gasteiger partial charge in [0.1, 0.15) is 30.3 Å². The van der Waals surface area contributed by atoms with Crippen molar-refractivity contribution in [3.63, 3.8) is 0 Å². The van der Waals surface area contributed by atoms with Gasteiger partial charge in [-0.25, -0.2) is 14.4 Å². The maximum Gasteiger partial charge on any atom is 0.141 e. The van der Waals surface area contributed by atoms with Gasteiger partial charge < -0.3 is 15.0 Å². The zero-order valence-corrected chi connectivity index (χ0v) is 18.3. The first-order valence-electron chi connectivity index (χ1n) is 10.4. The van der Waals surface area contributed by atoms with E-state index in [4.69, 9.17) is 16.3 Å². The number of nitrogens with one attached hydrogen (secondary N) is 2. The molecular weight excluding hydrogens is 439 g/mol. The van der Waals surface area contributed by atoms with Crippen molar-refractivity contribution in [2.45, 2.75) is 13.0 Å². The Balaban J connectivity index is 1.35. The minimum atomic E-state index is -0.294. The molecule has 0 aliphatic heterocycles. The fourth-order valence-electron chi connectivity index (χ4n) is 3.61. The van der Waals surface area contributed by atoms with E-state index in [1.165, 1.54) is 12.1 Å². The van der Waals surface area contributed by atoms with E-state index in [1.54, 1.807) is 12.4 Å². The summed E-state index contributed by atoms with van der Waals surface area (Å²) < 4.78 is 19.3. The number of halogens is 2. The monoisotopic (exact) mass is 458 g/mol. The molecule has 4 aromatic rings. The minimum absolute atomic E-state index is 0.231. The van der Waals surface area contributed by atoms with Gasteiger partial charge in [0.25, 0.3) is 0 Å². The van der Waals surface area contributed by atoms with Crippen LogP contribution in [-0.2, 0) is 11.3 Å².